The van der Waals surface area contributed by atoms with Gasteiger partial charge < -0.3 is 9.84 Å². The van der Waals surface area contributed by atoms with Crippen LogP contribution in [0.5, 0.6) is 5.75 Å². The van der Waals surface area contributed by atoms with E-state index in [0.29, 0.717) is 5.69 Å². The molecule has 0 amide bonds. The Labute approximate surface area is 126 Å². The van der Waals surface area contributed by atoms with Crippen LogP contribution in [0.4, 0.5) is 5.69 Å². The van der Waals surface area contributed by atoms with E-state index in [1.807, 2.05) is 24.3 Å². The molecule has 0 spiro atoms. The first-order valence-corrected chi connectivity index (χ1v) is 6.44. The molecule has 0 unspecified atom stereocenters. The van der Waals surface area contributed by atoms with E-state index >= 15 is 0 Å². The van der Waals surface area contributed by atoms with Crippen molar-refractivity contribution in [3.05, 3.63) is 58.6 Å². The fourth-order valence-electron chi connectivity index (χ4n) is 1.63. The monoisotopic (exact) mass is 304 g/mol. The van der Waals surface area contributed by atoms with Gasteiger partial charge in [-0.2, -0.15) is 5.10 Å². The number of carbonyl (C=O) groups is 1. The van der Waals surface area contributed by atoms with Gasteiger partial charge in [0.25, 0.3) is 0 Å². The largest absolute Gasteiger partial charge is 0.497 e. The number of nitrogens with zero attached hydrogens (tertiary/aromatic N) is 1. The Morgan fingerprint density at radius 1 is 1.29 bits per heavy atom. The summed E-state index contributed by atoms with van der Waals surface area (Å²) in [5.74, 6) is -0.313. The van der Waals surface area contributed by atoms with Gasteiger partial charge in [-0.25, -0.2) is 4.79 Å². The number of carboxylic acid groups (broad SMARTS) is 1. The second kappa shape index (κ2) is 6.76. The number of rotatable bonds is 5. The molecule has 108 valence electrons. The molecule has 0 aromatic heterocycles. The zero-order valence-electron chi connectivity index (χ0n) is 11.2. The highest BCUT2D eigenvalue weighted by Crippen LogP contribution is 2.20. The molecule has 0 bridgehead atoms. The van der Waals surface area contributed by atoms with Crippen molar-refractivity contribution in [1.82, 2.24) is 0 Å². The summed E-state index contributed by atoms with van der Waals surface area (Å²) in [6.45, 7) is 0. The summed E-state index contributed by atoms with van der Waals surface area (Å²) in [4.78, 5) is 11.0. The number of carboxylic acids is 1. The molecule has 0 saturated heterocycles. The molecular weight excluding hydrogens is 292 g/mol. The normalized spacial score (nSPS) is 10.6. The summed E-state index contributed by atoms with van der Waals surface area (Å²) < 4.78 is 5.06. The van der Waals surface area contributed by atoms with Crippen molar-refractivity contribution < 1.29 is 14.6 Å². The van der Waals surface area contributed by atoms with Crippen molar-refractivity contribution in [2.24, 2.45) is 5.10 Å². The van der Waals surface area contributed by atoms with Crippen molar-refractivity contribution in [3.8, 4) is 5.75 Å². The van der Waals surface area contributed by atoms with Crippen LogP contribution in [0.15, 0.2) is 47.6 Å². The average molecular weight is 305 g/mol. The zero-order valence-corrected chi connectivity index (χ0v) is 12.0. The van der Waals surface area contributed by atoms with Gasteiger partial charge in [-0.1, -0.05) is 11.6 Å². The molecular formula is C15H13ClN2O3. The Bertz CT molecular complexity index is 669. The standard InChI is InChI=1S/C15H13ClN2O3/c1-21-12-5-2-10(3-6-12)9-17-18-11-4-7-14(16)13(8-11)15(19)20/h2-9,18H,1H3,(H,19,20). The molecule has 0 heterocycles. The number of nitrogens with one attached hydrogen (secondary N) is 1. The maximum Gasteiger partial charge on any atom is 0.337 e. The molecule has 0 fully saturated rings. The second-order valence-corrected chi connectivity index (χ2v) is 4.55. The third-order valence-electron chi connectivity index (χ3n) is 2.72. The van der Waals surface area contributed by atoms with Gasteiger partial charge in [-0.05, 0) is 48.0 Å². The van der Waals surface area contributed by atoms with Crippen LogP contribution in [0.3, 0.4) is 0 Å². The minimum atomic E-state index is -1.08. The van der Waals surface area contributed by atoms with Crippen LogP contribution >= 0.6 is 11.6 Å². The van der Waals surface area contributed by atoms with Gasteiger partial charge in [0.1, 0.15) is 5.75 Å². The van der Waals surface area contributed by atoms with E-state index in [-0.39, 0.29) is 10.6 Å². The Morgan fingerprint density at radius 3 is 2.62 bits per heavy atom. The SMILES string of the molecule is COc1ccc(C=NNc2ccc(Cl)c(C(=O)O)c2)cc1. The first-order valence-electron chi connectivity index (χ1n) is 6.06. The summed E-state index contributed by atoms with van der Waals surface area (Å²) >= 11 is 5.79. The van der Waals surface area contributed by atoms with Crippen LogP contribution in [0.1, 0.15) is 15.9 Å². The molecule has 0 radical (unpaired) electrons. The Morgan fingerprint density at radius 2 is 2.00 bits per heavy atom. The highest BCUT2D eigenvalue weighted by molar-refractivity contribution is 6.33. The van der Waals surface area contributed by atoms with Gasteiger partial charge in [0.05, 0.1) is 29.6 Å². The van der Waals surface area contributed by atoms with E-state index in [2.05, 4.69) is 10.5 Å². The molecule has 5 nitrogen and oxygen atoms in total. The average Bonchev–Trinajstić information content (AvgIpc) is 2.49. The van der Waals surface area contributed by atoms with Crippen LogP contribution in [0.2, 0.25) is 5.02 Å². The molecule has 6 heteroatoms. The summed E-state index contributed by atoms with van der Waals surface area (Å²) in [5.41, 5.74) is 4.22. The first-order chi connectivity index (χ1) is 10.1. The van der Waals surface area contributed by atoms with Gasteiger partial charge >= 0.3 is 5.97 Å². The summed E-state index contributed by atoms with van der Waals surface area (Å²) in [6, 6.07) is 12.0. The van der Waals surface area contributed by atoms with Crippen molar-refractivity contribution in [2.45, 2.75) is 0 Å². The van der Waals surface area contributed by atoms with Crippen molar-refractivity contribution in [1.29, 1.82) is 0 Å². The third kappa shape index (κ3) is 3.97. The first kappa shape index (κ1) is 14.9. The molecule has 2 N–H and O–H groups in total. The van der Waals surface area contributed by atoms with E-state index in [1.54, 1.807) is 19.4 Å². The van der Waals surface area contributed by atoms with Crippen molar-refractivity contribution >= 4 is 29.5 Å². The minimum Gasteiger partial charge on any atom is -0.497 e. The highest BCUT2D eigenvalue weighted by atomic mass is 35.5. The van der Waals surface area contributed by atoms with Crippen LogP contribution in [-0.2, 0) is 0 Å². The van der Waals surface area contributed by atoms with Gasteiger partial charge in [-0.15, -0.1) is 0 Å². The minimum absolute atomic E-state index is 0.0290. The number of benzene rings is 2. The molecule has 0 atom stereocenters. The maximum absolute atomic E-state index is 11.0. The van der Waals surface area contributed by atoms with Crippen LogP contribution in [0.25, 0.3) is 0 Å². The predicted octanol–water partition coefficient (Wildman–Crippen LogP) is 3.49. The van der Waals surface area contributed by atoms with E-state index in [9.17, 15) is 4.79 Å². The Hall–Kier alpha value is -2.53. The molecule has 0 aliphatic rings. The highest BCUT2D eigenvalue weighted by Gasteiger charge is 2.08. The fourth-order valence-corrected chi connectivity index (χ4v) is 1.83. The van der Waals surface area contributed by atoms with E-state index in [4.69, 9.17) is 21.4 Å². The van der Waals surface area contributed by atoms with Gasteiger partial charge in [0, 0.05) is 0 Å². The number of methoxy groups -OCH3 is 1. The zero-order chi connectivity index (χ0) is 15.2. The van der Waals surface area contributed by atoms with E-state index in [1.165, 1.54) is 12.1 Å². The Balaban J connectivity index is 2.06. The van der Waals surface area contributed by atoms with Crippen LogP contribution in [-0.4, -0.2) is 24.4 Å². The van der Waals surface area contributed by atoms with E-state index < -0.39 is 5.97 Å². The number of ether oxygens (including phenoxy) is 1. The van der Waals surface area contributed by atoms with E-state index in [0.717, 1.165) is 11.3 Å². The van der Waals surface area contributed by atoms with Crippen molar-refractivity contribution in [2.75, 3.05) is 12.5 Å². The third-order valence-corrected chi connectivity index (χ3v) is 3.05. The summed E-state index contributed by atoms with van der Waals surface area (Å²) in [6.07, 6.45) is 1.62. The number of hydrogen-bond acceptors (Lipinski definition) is 4. The number of hydrogen-bond donors (Lipinski definition) is 2. The molecule has 2 aromatic rings. The lowest BCUT2D eigenvalue weighted by molar-refractivity contribution is 0.0697. The van der Waals surface area contributed by atoms with Gasteiger partial charge in [0.2, 0.25) is 0 Å². The topological polar surface area (TPSA) is 70.9 Å². The second-order valence-electron chi connectivity index (χ2n) is 4.14. The summed E-state index contributed by atoms with van der Waals surface area (Å²) in [5, 5.41) is 13.2. The number of hydrazone groups is 1. The maximum atomic E-state index is 11.0. The Kier molecular flexibility index (Phi) is 4.79. The molecule has 0 aliphatic heterocycles. The smallest absolute Gasteiger partial charge is 0.337 e. The lowest BCUT2D eigenvalue weighted by Gasteiger charge is -2.03. The molecule has 21 heavy (non-hydrogen) atoms. The fraction of sp³-hybridized carbons (Fsp3) is 0.0667. The molecule has 0 aliphatic carbocycles. The lowest BCUT2D eigenvalue weighted by Crippen LogP contribution is -1.99. The predicted molar refractivity (Wildman–Crippen MR) is 82.6 cm³/mol. The van der Waals surface area contributed by atoms with Gasteiger partial charge in [-0.3, -0.25) is 5.43 Å². The lowest BCUT2D eigenvalue weighted by atomic mass is 10.2. The molecule has 2 aromatic carbocycles. The van der Waals surface area contributed by atoms with Crippen LogP contribution in [0, 0.1) is 0 Å². The van der Waals surface area contributed by atoms with Gasteiger partial charge in [0.15, 0.2) is 0 Å². The number of aromatic carboxylic acids is 1. The molecule has 0 saturated carbocycles. The van der Waals surface area contributed by atoms with Crippen LogP contribution < -0.4 is 10.2 Å². The van der Waals surface area contributed by atoms with Crippen molar-refractivity contribution in [3.63, 3.8) is 0 Å². The number of anilines is 1. The molecule has 2 rings (SSSR count). The number of halogens is 1. The quantitative estimate of drug-likeness (QED) is 0.655. The summed E-state index contributed by atoms with van der Waals surface area (Å²) in [7, 11) is 1.60.